The van der Waals surface area contributed by atoms with Crippen molar-refractivity contribution >= 4 is 40.3 Å². The number of para-hydroxylation sites is 1. The Bertz CT molecular complexity index is 845. The van der Waals surface area contributed by atoms with Crippen molar-refractivity contribution < 1.29 is 4.79 Å². The van der Waals surface area contributed by atoms with Crippen LogP contribution in [0.15, 0.2) is 53.6 Å². The predicted octanol–water partition coefficient (Wildman–Crippen LogP) is 3.83. The number of amides is 1. The van der Waals surface area contributed by atoms with E-state index in [4.69, 9.17) is 12.2 Å². The molecule has 1 amide bonds. The molecule has 0 radical (unpaired) electrons. The Kier molecular flexibility index (Phi) is 5.63. The second kappa shape index (κ2) is 8.10. The van der Waals surface area contributed by atoms with Crippen LogP contribution in [0.5, 0.6) is 0 Å². The maximum atomic E-state index is 11.8. The van der Waals surface area contributed by atoms with Gasteiger partial charge in [0, 0.05) is 24.3 Å². The standard InChI is InChI=1S/C20H22N4OS/c1-14-6-3-4-7-18(14)21-20(26)23-22-15(2)16-9-11-17(12-10-16)24-13-5-8-19(24)25/h3-4,6-7,9-12H,5,8,13H2,1-2H3,(H2,21,23,26)/b22-15-. The summed E-state index contributed by atoms with van der Waals surface area (Å²) < 4.78 is 0. The van der Waals surface area contributed by atoms with Crippen molar-refractivity contribution in [2.75, 3.05) is 16.8 Å². The molecule has 0 saturated carbocycles. The highest BCUT2D eigenvalue weighted by atomic mass is 32.1. The first-order chi connectivity index (χ1) is 12.5. The van der Waals surface area contributed by atoms with Gasteiger partial charge < -0.3 is 10.2 Å². The molecule has 1 heterocycles. The molecule has 0 aromatic heterocycles. The minimum atomic E-state index is 0.192. The summed E-state index contributed by atoms with van der Waals surface area (Å²) in [6, 6.07) is 15.8. The lowest BCUT2D eigenvalue weighted by molar-refractivity contribution is -0.117. The average Bonchev–Trinajstić information content (AvgIpc) is 3.08. The second-order valence-electron chi connectivity index (χ2n) is 6.27. The fourth-order valence-corrected chi connectivity index (χ4v) is 3.02. The summed E-state index contributed by atoms with van der Waals surface area (Å²) in [5.41, 5.74) is 7.68. The van der Waals surface area contributed by atoms with Gasteiger partial charge in [0.05, 0.1) is 5.71 Å². The highest BCUT2D eigenvalue weighted by Crippen LogP contribution is 2.21. The number of carbonyl (C=O) groups is 1. The summed E-state index contributed by atoms with van der Waals surface area (Å²) in [6.45, 7) is 4.73. The third kappa shape index (κ3) is 4.26. The van der Waals surface area contributed by atoms with Crippen LogP contribution < -0.4 is 15.6 Å². The number of carbonyl (C=O) groups excluding carboxylic acids is 1. The number of hydrogen-bond acceptors (Lipinski definition) is 3. The van der Waals surface area contributed by atoms with Gasteiger partial charge >= 0.3 is 0 Å². The molecule has 0 spiro atoms. The molecule has 2 N–H and O–H groups in total. The van der Waals surface area contributed by atoms with Gasteiger partial charge in [0.15, 0.2) is 5.11 Å². The Morgan fingerprint density at radius 1 is 1.15 bits per heavy atom. The van der Waals surface area contributed by atoms with Crippen molar-refractivity contribution in [3.8, 4) is 0 Å². The van der Waals surface area contributed by atoms with E-state index in [1.54, 1.807) is 0 Å². The van der Waals surface area contributed by atoms with Crippen LogP contribution in [0.3, 0.4) is 0 Å². The predicted molar refractivity (Wildman–Crippen MR) is 111 cm³/mol. The van der Waals surface area contributed by atoms with Crippen molar-refractivity contribution in [3.05, 3.63) is 59.7 Å². The lowest BCUT2D eigenvalue weighted by Crippen LogP contribution is -2.25. The van der Waals surface area contributed by atoms with E-state index in [2.05, 4.69) is 15.8 Å². The fraction of sp³-hybridized carbons (Fsp3) is 0.250. The molecule has 2 aromatic carbocycles. The van der Waals surface area contributed by atoms with Gasteiger partial charge in [-0.05, 0) is 61.8 Å². The van der Waals surface area contributed by atoms with Crippen molar-refractivity contribution in [1.82, 2.24) is 5.43 Å². The Morgan fingerprint density at radius 2 is 1.88 bits per heavy atom. The molecule has 2 aromatic rings. The summed E-state index contributed by atoms with van der Waals surface area (Å²) in [5, 5.41) is 7.92. The topological polar surface area (TPSA) is 56.7 Å². The van der Waals surface area contributed by atoms with E-state index in [1.807, 2.05) is 67.3 Å². The number of anilines is 2. The molecule has 3 rings (SSSR count). The first kappa shape index (κ1) is 18.1. The van der Waals surface area contributed by atoms with Gasteiger partial charge in [-0.1, -0.05) is 30.3 Å². The molecule has 1 aliphatic heterocycles. The van der Waals surface area contributed by atoms with E-state index in [0.29, 0.717) is 11.5 Å². The van der Waals surface area contributed by atoms with Gasteiger partial charge in [-0.15, -0.1) is 0 Å². The number of benzene rings is 2. The normalized spacial score (nSPS) is 14.5. The number of aryl methyl sites for hydroxylation is 1. The Balaban J connectivity index is 1.61. The summed E-state index contributed by atoms with van der Waals surface area (Å²) in [5.74, 6) is 0.192. The van der Waals surface area contributed by atoms with Crippen molar-refractivity contribution in [2.24, 2.45) is 5.10 Å². The Hall–Kier alpha value is -2.73. The number of hydrazone groups is 1. The highest BCUT2D eigenvalue weighted by Gasteiger charge is 2.21. The van der Waals surface area contributed by atoms with Crippen molar-refractivity contribution in [3.63, 3.8) is 0 Å². The van der Waals surface area contributed by atoms with E-state index in [0.717, 1.165) is 41.2 Å². The van der Waals surface area contributed by atoms with Crippen molar-refractivity contribution in [2.45, 2.75) is 26.7 Å². The highest BCUT2D eigenvalue weighted by molar-refractivity contribution is 7.80. The number of thiocarbonyl (C=S) groups is 1. The van der Waals surface area contributed by atoms with E-state index in [9.17, 15) is 4.79 Å². The third-order valence-electron chi connectivity index (χ3n) is 4.39. The first-order valence-electron chi connectivity index (χ1n) is 8.62. The lowest BCUT2D eigenvalue weighted by atomic mass is 10.1. The minimum Gasteiger partial charge on any atom is -0.331 e. The van der Waals surface area contributed by atoms with Crippen LogP contribution in [-0.2, 0) is 4.79 Å². The van der Waals surface area contributed by atoms with E-state index in [1.165, 1.54) is 0 Å². The number of rotatable bonds is 4. The number of nitrogens with one attached hydrogen (secondary N) is 2. The molecule has 1 saturated heterocycles. The van der Waals surface area contributed by atoms with Crippen molar-refractivity contribution in [1.29, 1.82) is 0 Å². The first-order valence-corrected chi connectivity index (χ1v) is 9.03. The fourth-order valence-electron chi connectivity index (χ4n) is 2.87. The zero-order valence-corrected chi connectivity index (χ0v) is 15.8. The van der Waals surface area contributed by atoms with Crippen LogP contribution >= 0.6 is 12.2 Å². The maximum absolute atomic E-state index is 11.8. The quantitative estimate of drug-likeness (QED) is 0.490. The van der Waals surface area contributed by atoms with Crippen LogP contribution in [0.2, 0.25) is 0 Å². The number of hydrogen-bond donors (Lipinski definition) is 2. The monoisotopic (exact) mass is 366 g/mol. The molecule has 0 aliphatic carbocycles. The van der Waals surface area contributed by atoms with Crippen LogP contribution in [0.4, 0.5) is 11.4 Å². The molecule has 1 fully saturated rings. The molecule has 5 nitrogen and oxygen atoms in total. The van der Waals surface area contributed by atoms with Crippen LogP contribution in [0.25, 0.3) is 0 Å². The zero-order valence-electron chi connectivity index (χ0n) is 15.0. The summed E-state index contributed by atoms with van der Waals surface area (Å²) in [6.07, 6.45) is 1.56. The maximum Gasteiger partial charge on any atom is 0.227 e. The minimum absolute atomic E-state index is 0.192. The second-order valence-corrected chi connectivity index (χ2v) is 6.68. The molecule has 1 aliphatic rings. The molecule has 26 heavy (non-hydrogen) atoms. The summed E-state index contributed by atoms with van der Waals surface area (Å²) in [4.78, 5) is 13.6. The average molecular weight is 366 g/mol. The van der Waals surface area contributed by atoms with Gasteiger partial charge in [0.1, 0.15) is 0 Å². The van der Waals surface area contributed by atoms with E-state index >= 15 is 0 Å². The molecule has 134 valence electrons. The van der Waals surface area contributed by atoms with Gasteiger partial charge in [-0.25, -0.2) is 0 Å². The van der Waals surface area contributed by atoms with E-state index in [-0.39, 0.29) is 5.91 Å². The summed E-state index contributed by atoms with van der Waals surface area (Å²) >= 11 is 5.30. The molecular weight excluding hydrogens is 344 g/mol. The van der Waals surface area contributed by atoms with Gasteiger partial charge in [0.25, 0.3) is 0 Å². The molecular formula is C20H22N4OS. The van der Waals surface area contributed by atoms with E-state index < -0.39 is 0 Å². The molecule has 0 atom stereocenters. The van der Waals surface area contributed by atoms with Gasteiger partial charge in [0.2, 0.25) is 5.91 Å². The number of nitrogens with zero attached hydrogens (tertiary/aromatic N) is 2. The van der Waals surface area contributed by atoms with Gasteiger partial charge in [-0.3, -0.25) is 10.2 Å². The molecule has 6 heteroatoms. The Labute approximate surface area is 159 Å². The SMILES string of the molecule is C/C(=N/NC(=S)Nc1ccccc1C)c1ccc(N2CCCC2=O)cc1. The summed E-state index contributed by atoms with van der Waals surface area (Å²) in [7, 11) is 0. The smallest absolute Gasteiger partial charge is 0.227 e. The van der Waals surface area contributed by atoms with Gasteiger partial charge in [-0.2, -0.15) is 5.10 Å². The third-order valence-corrected chi connectivity index (χ3v) is 4.58. The molecule has 0 unspecified atom stereocenters. The van der Waals surface area contributed by atoms with Crippen LogP contribution in [0.1, 0.15) is 30.9 Å². The largest absolute Gasteiger partial charge is 0.331 e. The Morgan fingerprint density at radius 3 is 2.54 bits per heavy atom. The van der Waals surface area contributed by atoms with Crippen LogP contribution in [-0.4, -0.2) is 23.3 Å². The molecule has 0 bridgehead atoms. The van der Waals surface area contributed by atoms with Crippen LogP contribution in [0, 0.1) is 6.92 Å². The lowest BCUT2D eigenvalue weighted by Gasteiger charge is -2.16. The zero-order chi connectivity index (χ0) is 18.5.